The van der Waals surface area contributed by atoms with Crippen molar-refractivity contribution in [2.75, 3.05) is 24.5 Å². The molecule has 2 aromatic rings. The smallest absolute Gasteiger partial charge is 0.234 e. The number of amides is 1. The Labute approximate surface area is 146 Å². The highest BCUT2D eigenvalue weighted by molar-refractivity contribution is 5.78. The number of hydrogen-bond acceptors (Lipinski definition) is 5. The van der Waals surface area contributed by atoms with E-state index >= 15 is 0 Å². The maximum atomic E-state index is 13.5. The average Bonchev–Trinajstić information content (AvgIpc) is 2.67. The van der Waals surface area contributed by atoms with Gasteiger partial charge in [0.25, 0.3) is 0 Å². The third-order valence-electron chi connectivity index (χ3n) is 4.29. The molecule has 0 saturated carbocycles. The molecule has 132 valence electrons. The lowest BCUT2D eigenvalue weighted by molar-refractivity contribution is -0.120. The highest BCUT2D eigenvalue weighted by Crippen LogP contribution is 2.16. The molecule has 0 spiro atoms. The van der Waals surface area contributed by atoms with Crippen LogP contribution in [0.2, 0.25) is 0 Å². The largest absolute Gasteiger partial charge is 0.354 e. The first-order chi connectivity index (χ1) is 12.2. The normalized spacial score (nSPS) is 17.3. The van der Waals surface area contributed by atoms with Crippen LogP contribution < -0.4 is 15.5 Å². The minimum Gasteiger partial charge on any atom is -0.354 e. The Morgan fingerprint density at radius 3 is 2.96 bits per heavy atom. The van der Waals surface area contributed by atoms with Gasteiger partial charge in [-0.25, -0.2) is 4.39 Å². The van der Waals surface area contributed by atoms with Crippen LogP contribution in [-0.2, 0) is 11.3 Å². The summed E-state index contributed by atoms with van der Waals surface area (Å²) in [6, 6.07) is 10.5. The van der Waals surface area contributed by atoms with Crippen molar-refractivity contribution in [2.45, 2.75) is 25.4 Å². The summed E-state index contributed by atoms with van der Waals surface area (Å²) in [6.07, 6.45) is 3.70. The monoisotopic (exact) mass is 343 g/mol. The van der Waals surface area contributed by atoms with E-state index in [9.17, 15) is 9.18 Å². The van der Waals surface area contributed by atoms with Crippen molar-refractivity contribution in [1.29, 1.82) is 0 Å². The van der Waals surface area contributed by atoms with Crippen LogP contribution >= 0.6 is 0 Å². The molecule has 1 aliphatic heterocycles. The third kappa shape index (κ3) is 4.96. The zero-order valence-corrected chi connectivity index (χ0v) is 14.0. The van der Waals surface area contributed by atoms with Gasteiger partial charge in [0.2, 0.25) is 5.91 Å². The van der Waals surface area contributed by atoms with Crippen LogP contribution in [0.25, 0.3) is 0 Å². The number of aromatic nitrogens is 2. The molecule has 0 aliphatic carbocycles. The van der Waals surface area contributed by atoms with Gasteiger partial charge in [-0.3, -0.25) is 4.79 Å². The van der Waals surface area contributed by atoms with E-state index in [2.05, 4.69) is 25.7 Å². The Morgan fingerprint density at radius 1 is 1.28 bits per heavy atom. The van der Waals surface area contributed by atoms with Gasteiger partial charge in [-0.1, -0.05) is 18.2 Å². The van der Waals surface area contributed by atoms with Gasteiger partial charge < -0.3 is 15.5 Å². The van der Waals surface area contributed by atoms with Crippen molar-refractivity contribution in [2.24, 2.45) is 0 Å². The second-order valence-corrected chi connectivity index (χ2v) is 6.12. The fourth-order valence-corrected chi connectivity index (χ4v) is 2.95. The fraction of sp³-hybridized carbons (Fsp3) is 0.389. The standard InChI is InChI=1S/C18H22FN5O/c19-16-7-2-1-5-14(16)11-21-18(25)12-20-15-6-4-10-24(13-15)17-8-3-9-22-23-17/h1-3,5,7-9,15,20H,4,6,10-13H2,(H,21,25)/t15-/m0/s1. The molecule has 0 unspecified atom stereocenters. The Kier molecular flexibility index (Phi) is 5.90. The molecule has 1 aromatic carbocycles. The van der Waals surface area contributed by atoms with E-state index in [0.717, 1.165) is 31.7 Å². The van der Waals surface area contributed by atoms with E-state index in [1.54, 1.807) is 24.4 Å². The van der Waals surface area contributed by atoms with Crippen LogP contribution in [0, 0.1) is 5.82 Å². The molecule has 2 heterocycles. The minimum atomic E-state index is -0.303. The van der Waals surface area contributed by atoms with E-state index in [4.69, 9.17) is 0 Å². The average molecular weight is 343 g/mol. The van der Waals surface area contributed by atoms with Crippen molar-refractivity contribution in [3.05, 3.63) is 54.0 Å². The van der Waals surface area contributed by atoms with Crippen LogP contribution in [0.1, 0.15) is 18.4 Å². The number of halogens is 1. The predicted octanol–water partition coefficient (Wildman–Crippen LogP) is 1.49. The Morgan fingerprint density at radius 2 is 2.16 bits per heavy atom. The Balaban J connectivity index is 1.43. The summed E-state index contributed by atoms with van der Waals surface area (Å²) in [5, 5.41) is 14.1. The number of rotatable bonds is 6. The van der Waals surface area contributed by atoms with E-state index in [1.165, 1.54) is 6.07 Å². The maximum absolute atomic E-state index is 13.5. The molecule has 3 rings (SSSR count). The number of benzene rings is 1. The van der Waals surface area contributed by atoms with Crippen LogP contribution in [0.3, 0.4) is 0 Å². The number of nitrogens with zero attached hydrogens (tertiary/aromatic N) is 3. The first kappa shape index (κ1) is 17.3. The lowest BCUT2D eigenvalue weighted by Gasteiger charge is -2.33. The van der Waals surface area contributed by atoms with E-state index < -0.39 is 0 Å². The summed E-state index contributed by atoms with van der Waals surface area (Å²) in [7, 11) is 0. The molecule has 0 bridgehead atoms. The van der Waals surface area contributed by atoms with Gasteiger partial charge in [0.15, 0.2) is 5.82 Å². The summed E-state index contributed by atoms with van der Waals surface area (Å²) in [5.41, 5.74) is 0.488. The summed E-state index contributed by atoms with van der Waals surface area (Å²) in [5.74, 6) is 0.417. The second kappa shape index (κ2) is 8.53. The van der Waals surface area contributed by atoms with Crippen LogP contribution in [0.5, 0.6) is 0 Å². The van der Waals surface area contributed by atoms with Crippen molar-refractivity contribution >= 4 is 11.7 Å². The van der Waals surface area contributed by atoms with Gasteiger partial charge in [0.05, 0.1) is 6.54 Å². The first-order valence-corrected chi connectivity index (χ1v) is 8.48. The quantitative estimate of drug-likeness (QED) is 0.832. The summed E-state index contributed by atoms with van der Waals surface area (Å²) in [6.45, 7) is 2.15. The zero-order chi connectivity index (χ0) is 17.5. The third-order valence-corrected chi connectivity index (χ3v) is 4.29. The summed E-state index contributed by atoms with van der Waals surface area (Å²) < 4.78 is 13.5. The van der Waals surface area contributed by atoms with Crippen molar-refractivity contribution in [3.8, 4) is 0 Å². The number of hydrogen-bond donors (Lipinski definition) is 2. The molecule has 0 radical (unpaired) electrons. The van der Waals surface area contributed by atoms with E-state index in [0.29, 0.717) is 5.56 Å². The van der Waals surface area contributed by atoms with Gasteiger partial charge in [-0.2, -0.15) is 5.10 Å². The van der Waals surface area contributed by atoms with Crippen LogP contribution in [0.15, 0.2) is 42.6 Å². The van der Waals surface area contributed by atoms with Gasteiger partial charge in [0, 0.05) is 37.4 Å². The van der Waals surface area contributed by atoms with Gasteiger partial charge in [-0.05, 0) is 31.0 Å². The molecule has 2 N–H and O–H groups in total. The Hall–Kier alpha value is -2.54. The van der Waals surface area contributed by atoms with E-state index in [1.807, 2.05) is 12.1 Å². The summed E-state index contributed by atoms with van der Waals surface area (Å²) in [4.78, 5) is 14.2. The van der Waals surface area contributed by atoms with Gasteiger partial charge in [0.1, 0.15) is 5.82 Å². The lowest BCUT2D eigenvalue weighted by atomic mass is 10.1. The number of carbonyl (C=O) groups is 1. The number of nitrogens with one attached hydrogen (secondary N) is 2. The molecule has 1 aromatic heterocycles. The Bertz CT molecular complexity index is 697. The zero-order valence-electron chi connectivity index (χ0n) is 14.0. The molecule has 1 saturated heterocycles. The summed E-state index contributed by atoms with van der Waals surface area (Å²) >= 11 is 0. The predicted molar refractivity (Wildman–Crippen MR) is 93.5 cm³/mol. The van der Waals surface area contributed by atoms with Crippen molar-refractivity contribution in [1.82, 2.24) is 20.8 Å². The highest BCUT2D eigenvalue weighted by Gasteiger charge is 2.21. The van der Waals surface area contributed by atoms with E-state index in [-0.39, 0.29) is 30.9 Å². The number of anilines is 1. The molecule has 1 fully saturated rings. The number of carbonyl (C=O) groups excluding carboxylic acids is 1. The molecule has 1 aliphatic rings. The van der Waals surface area contributed by atoms with Crippen molar-refractivity contribution in [3.63, 3.8) is 0 Å². The highest BCUT2D eigenvalue weighted by atomic mass is 19.1. The molecule has 7 heteroatoms. The van der Waals surface area contributed by atoms with Gasteiger partial charge in [-0.15, -0.1) is 5.10 Å². The van der Waals surface area contributed by atoms with Crippen molar-refractivity contribution < 1.29 is 9.18 Å². The maximum Gasteiger partial charge on any atom is 0.234 e. The topological polar surface area (TPSA) is 70.2 Å². The molecular formula is C18H22FN5O. The molecule has 25 heavy (non-hydrogen) atoms. The SMILES string of the molecule is O=C(CN[C@H]1CCCN(c2cccnn2)C1)NCc1ccccc1F. The molecule has 1 amide bonds. The number of piperidine rings is 1. The van der Waals surface area contributed by atoms with Gasteiger partial charge >= 0.3 is 0 Å². The molecule has 6 nitrogen and oxygen atoms in total. The fourth-order valence-electron chi connectivity index (χ4n) is 2.95. The molecular weight excluding hydrogens is 321 g/mol. The second-order valence-electron chi connectivity index (χ2n) is 6.12. The lowest BCUT2D eigenvalue weighted by Crippen LogP contribution is -2.48. The first-order valence-electron chi connectivity index (χ1n) is 8.48. The van der Waals surface area contributed by atoms with Crippen LogP contribution in [-0.4, -0.2) is 41.8 Å². The minimum absolute atomic E-state index is 0.139. The molecule has 1 atom stereocenters. The van der Waals surface area contributed by atoms with Crippen LogP contribution in [0.4, 0.5) is 10.2 Å².